The van der Waals surface area contributed by atoms with Crippen molar-refractivity contribution in [3.63, 3.8) is 0 Å². The SMILES string of the molecule is O=C(Nc1cccc2c1N=[Se]=N2)c1csc(I)c1. The zero-order valence-corrected chi connectivity index (χ0v) is 13.6. The summed E-state index contributed by atoms with van der Waals surface area (Å²) in [5.41, 5.74) is 3.09. The van der Waals surface area contributed by atoms with Crippen molar-refractivity contribution in [1.82, 2.24) is 0 Å². The van der Waals surface area contributed by atoms with Gasteiger partial charge in [0.1, 0.15) is 0 Å². The number of nitrogens with one attached hydrogen (secondary N) is 1. The van der Waals surface area contributed by atoms with Crippen molar-refractivity contribution >= 4 is 71.5 Å². The fourth-order valence-electron chi connectivity index (χ4n) is 1.53. The van der Waals surface area contributed by atoms with Gasteiger partial charge < -0.3 is 0 Å². The summed E-state index contributed by atoms with van der Waals surface area (Å²) in [6, 6.07) is 7.52. The average Bonchev–Trinajstić information content (AvgIpc) is 2.97. The van der Waals surface area contributed by atoms with Crippen molar-refractivity contribution in [2.75, 3.05) is 5.32 Å². The third-order valence-corrected chi connectivity index (χ3v) is 5.29. The number of anilines is 1. The van der Waals surface area contributed by atoms with Crippen molar-refractivity contribution in [2.24, 2.45) is 7.92 Å². The Hall–Kier alpha value is -0.761. The van der Waals surface area contributed by atoms with Gasteiger partial charge in [0.05, 0.1) is 0 Å². The first-order chi connectivity index (χ1) is 8.74. The van der Waals surface area contributed by atoms with Crippen LogP contribution in [0.2, 0.25) is 0 Å². The number of hydrogen-bond donors (Lipinski definition) is 1. The van der Waals surface area contributed by atoms with Crippen molar-refractivity contribution in [1.29, 1.82) is 0 Å². The Bertz CT molecular complexity index is 706. The Morgan fingerprint density at radius 1 is 1.39 bits per heavy atom. The molecule has 1 N–H and O–H groups in total. The molecule has 0 atom stereocenters. The van der Waals surface area contributed by atoms with E-state index < -0.39 is 0 Å². The number of thiophene rings is 1. The molecule has 0 aliphatic carbocycles. The summed E-state index contributed by atoms with van der Waals surface area (Å²) in [6.45, 7) is 0. The molecular weight excluding hydrogens is 428 g/mol. The summed E-state index contributed by atoms with van der Waals surface area (Å²) in [6.07, 6.45) is 0. The molecule has 4 nitrogen and oxygen atoms in total. The van der Waals surface area contributed by atoms with Crippen LogP contribution in [0, 0.1) is 2.88 Å². The van der Waals surface area contributed by atoms with Gasteiger partial charge in [0.25, 0.3) is 0 Å². The Morgan fingerprint density at radius 2 is 2.28 bits per heavy atom. The topological polar surface area (TPSA) is 53.8 Å². The minimum atomic E-state index is -0.0998. The molecule has 0 bridgehead atoms. The third kappa shape index (κ3) is 2.35. The zero-order chi connectivity index (χ0) is 12.5. The molecule has 1 amide bonds. The summed E-state index contributed by atoms with van der Waals surface area (Å²) >= 11 is 3.68. The molecule has 90 valence electrons. The molecule has 2 heterocycles. The summed E-state index contributed by atoms with van der Waals surface area (Å²) < 4.78 is 9.72. The van der Waals surface area contributed by atoms with Crippen LogP contribution in [0.15, 0.2) is 37.6 Å². The molecule has 0 saturated carbocycles. The number of nitrogens with zero attached hydrogens (tertiary/aromatic N) is 2. The van der Waals surface area contributed by atoms with Crippen LogP contribution in [0.5, 0.6) is 0 Å². The van der Waals surface area contributed by atoms with Gasteiger partial charge in [0.15, 0.2) is 0 Å². The second-order valence-electron chi connectivity index (χ2n) is 3.53. The van der Waals surface area contributed by atoms with Gasteiger partial charge in [-0.15, -0.1) is 0 Å². The summed E-state index contributed by atoms with van der Waals surface area (Å²) in [5, 5.41) is 4.75. The maximum absolute atomic E-state index is 12.1. The molecule has 0 unspecified atom stereocenters. The van der Waals surface area contributed by atoms with Crippen molar-refractivity contribution in [2.45, 2.75) is 0 Å². The Kier molecular flexibility index (Phi) is 3.47. The number of fused-ring (bicyclic) bond motifs is 1. The molecule has 1 aliphatic heterocycles. The molecule has 0 spiro atoms. The van der Waals surface area contributed by atoms with E-state index in [1.54, 1.807) is 11.3 Å². The fourth-order valence-corrected chi connectivity index (χ4v) is 4.01. The summed E-state index contributed by atoms with van der Waals surface area (Å²) in [4.78, 5) is 12.1. The van der Waals surface area contributed by atoms with Gasteiger partial charge in [-0.2, -0.15) is 0 Å². The van der Waals surface area contributed by atoms with Crippen LogP contribution in [0.4, 0.5) is 17.1 Å². The van der Waals surface area contributed by atoms with Crippen LogP contribution >= 0.6 is 33.9 Å². The van der Waals surface area contributed by atoms with Gasteiger partial charge in [-0.3, -0.25) is 0 Å². The maximum atomic E-state index is 12.1. The number of carbonyl (C=O) groups excluding carboxylic acids is 1. The van der Waals surface area contributed by atoms with Crippen LogP contribution in [0.3, 0.4) is 0 Å². The first-order valence-corrected chi connectivity index (χ1v) is 8.50. The van der Waals surface area contributed by atoms with E-state index in [4.69, 9.17) is 0 Å². The zero-order valence-electron chi connectivity index (χ0n) is 8.88. The van der Waals surface area contributed by atoms with Crippen molar-refractivity contribution < 1.29 is 4.79 Å². The standard InChI is InChI=1S/C11H6IN3OSSe/c12-9-4-6(5-17-9)11(16)13-7-2-1-3-8-10(7)15-18-14-8/h1-5H,(H,13,16). The second kappa shape index (κ2) is 5.08. The number of rotatable bonds is 2. The number of benzene rings is 1. The molecule has 3 rings (SSSR count). The van der Waals surface area contributed by atoms with Gasteiger partial charge in [0.2, 0.25) is 0 Å². The first kappa shape index (κ1) is 12.3. The molecule has 18 heavy (non-hydrogen) atoms. The predicted octanol–water partition coefficient (Wildman–Crippen LogP) is 3.95. The first-order valence-electron chi connectivity index (χ1n) is 5.01. The van der Waals surface area contributed by atoms with E-state index in [1.807, 2.05) is 29.6 Å². The van der Waals surface area contributed by atoms with Gasteiger partial charge >= 0.3 is 128 Å². The van der Waals surface area contributed by atoms with E-state index in [-0.39, 0.29) is 20.5 Å². The minimum absolute atomic E-state index is 0.0824. The van der Waals surface area contributed by atoms with Crippen LogP contribution in [-0.4, -0.2) is 20.5 Å². The van der Waals surface area contributed by atoms with Gasteiger partial charge in [-0.05, 0) is 0 Å². The molecule has 2 aromatic rings. The van der Waals surface area contributed by atoms with E-state index in [0.717, 1.165) is 19.9 Å². The van der Waals surface area contributed by atoms with E-state index in [1.165, 1.54) is 0 Å². The van der Waals surface area contributed by atoms with Gasteiger partial charge in [0, 0.05) is 0 Å². The van der Waals surface area contributed by atoms with Crippen LogP contribution in [-0.2, 0) is 0 Å². The molecule has 1 aromatic heterocycles. The average molecular weight is 434 g/mol. The Balaban J connectivity index is 1.88. The molecular formula is C11H6IN3OSSe. The Morgan fingerprint density at radius 3 is 3.06 bits per heavy atom. The monoisotopic (exact) mass is 435 g/mol. The normalized spacial score (nSPS) is 12.1. The predicted molar refractivity (Wildman–Crippen MR) is 81.4 cm³/mol. The number of carbonyl (C=O) groups is 1. The van der Waals surface area contributed by atoms with E-state index >= 15 is 0 Å². The van der Waals surface area contributed by atoms with Gasteiger partial charge in [-0.25, -0.2) is 0 Å². The second-order valence-corrected chi connectivity index (χ2v) is 7.45. The molecule has 0 radical (unpaired) electrons. The molecule has 0 fully saturated rings. The van der Waals surface area contributed by atoms with Crippen molar-refractivity contribution in [3.8, 4) is 0 Å². The van der Waals surface area contributed by atoms with Gasteiger partial charge in [-0.1, -0.05) is 0 Å². The molecule has 7 heteroatoms. The number of amides is 1. The van der Waals surface area contributed by atoms with Crippen LogP contribution in [0.1, 0.15) is 10.4 Å². The molecule has 1 aromatic carbocycles. The fraction of sp³-hybridized carbons (Fsp3) is 0. The summed E-state index contributed by atoms with van der Waals surface area (Å²) in [5.74, 6) is -0.0998. The van der Waals surface area contributed by atoms with Crippen LogP contribution < -0.4 is 5.32 Å². The molecule has 1 aliphatic rings. The summed E-state index contributed by atoms with van der Waals surface area (Å²) in [7, 11) is 0. The van der Waals surface area contributed by atoms with Crippen molar-refractivity contribution in [3.05, 3.63) is 38.1 Å². The molecule has 0 saturated heterocycles. The number of halogens is 1. The van der Waals surface area contributed by atoms with E-state index in [9.17, 15) is 4.79 Å². The van der Waals surface area contributed by atoms with E-state index in [2.05, 4.69) is 35.8 Å². The number of hydrogen-bond acceptors (Lipinski definition) is 4. The third-order valence-electron chi connectivity index (χ3n) is 2.36. The van der Waals surface area contributed by atoms with E-state index in [0.29, 0.717) is 5.56 Å². The van der Waals surface area contributed by atoms with Crippen LogP contribution in [0.25, 0.3) is 0 Å². The Labute approximate surface area is 127 Å². The quantitative estimate of drug-likeness (QED) is 0.482.